The largest absolute Gasteiger partial charge is 0.460 e. The van der Waals surface area contributed by atoms with Gasteiger partial charge in [-0.05, 0) is 18.6 Å². The molecule has 1 aromatic heterocycles. The van der Waals surface area contributed by atoms with Crippen molar-refractivity contribution in [3.8, 4) is 0 Å². The fourth-order valence-electron chi connectivity index (χ4n) is 2.37. The highest BCUT2D eigenvalue weighted by atomic mass is 35.5. The van der Waals surface area contributed by atoms with Crippen molar-refractivity contribution in [3.05, 3.63) is 52.8 Å². The average molecular weight is 335 g/mol. The predicted octanol–water partition coefficient (Wildman–Crippen LogP) is 2.45. The van der Waals surface area contributed by atoms with E-state index in [1.54, 1.807) is 23.9 Å². The minimum absolute atomic E-state index is 0.233. The van der Waals surface area contributed by atoms with Crippen molar-refractivity contribution in [3.63, 3.8) is 0 Å². The molecular formula is C16H15ClN2O4. The Labute approximate surface area is 137 Å². The Bertz CT molecular complexity index is 743. The van der Waals surface area contributed by atoms with Crippen LogP contribution in [0.4, 0.5) is 0 Å². The Morgan fingerprint density at radius 3 is 2.96 bits per heavy atom. The lowest BCUT2D eigenvalue weighted by Crippen LogP contribution is -2.22. The summed E-state index contributed by atoms with van der Waals surface area (Å²) < 4.78 is 11.7. The van der Waals surface area contributed by atoms with Gasteiger partial charge in [0.2, 0.25) is 6.10 Å². The van der Waals surface area contributed by atoms with E-state index in [-0.39, 0.29) is 11.7 Å². The maximum atomic E-state index is 12.1. The van der Waals surface area contributed by atoms with Crippen molar-refractivity contribution in [1.82, 2.24) is 9.78 Å². The first kappa shape index (κ1) is 15.6. The summed E-state index contributed by atoms with van der Waals surface area (Å²) in [6.45, 7) is 2.20. The molecule has 1 aliphatic heterocycles. The van der Waals surface area contributed by atoms with Crippen LogP contribution in [0, 0.1) is 0 Å². The van der Waals surface area contributed by atoms with Crippen LogP contribution in [0.15, 0.2) is 36.7 Å². The van der Waals surface area contributed by atoms with Crippen LogP contribution in [0.5, 0.6) is 0 Å². The minimum atomic E-state index is -0.843. The van der Waals surface area contributed by atoms with E-state index in [1.165, 1.54) is 6.20 Å². The molecule has 0 aliphatic carbocycles. The lowest BCUT2D eigenvalue weighted by Gasteiger charge is -2.06. The molecule has 0 amide bonds. The van der Waals surface area contributed by atoms with Crippen LogP contribution in [0.2, 0.25) is 5.02 Å². The van der Waals surface area contributed by atoms with E-state index in [0.717, 1.165) is 5.56 Å². The van der Waals surface area contributed by atoms with Crippen LogP contribution < -0.4 is 0 Å². The summed E-state index contributed by atoms with van der Waals surface area (Å²) in [5.41, 5.74) is 1.18. The van der Waals surface area contributed by atoms with Crippen LogP contribution >= 0.6 is 11.6 Å². The van der Waals surface area contributed by atoms with Gasteiger partial charge in [-0.1, -0.05) is 29.8 Å². The molecule has 1 saturated heterocycles. The third kappa shape index (κ3) is 3.53. The second kappa shape index (κ2) is 6.42. The second-order valence-corrected chi connectivity index (χ2v) is 5.80. The van der Waals surface area contributed by atoms with Crippen molar-refractivity contribution in [1.29, 1.82) is 0 Å². The Kier molecular flexibility index (Phi) is 4.34. The van der Waals surface area contributed by atoms with Gasteiger partial charge in [0, 0.05) is 17.6 Å². The number of halogens is 1. The van der Waals surface area contributed by atoms with E-state index in [9.17, 15) is 9.59 Å². The predicted molar refractivity (Wildman–Crippen MR) is 82.2 cm³/mol. The zero-order chi connectivity index (χ0) is 16.4. The summed E-state index contributed by atoms with van der Waals surface area (Å²) in [4.78, 5) is 23.6. The zero-order valence-electron chi connectivity index (χ0n) is 12.4. The molecule has 23 heavy (non-hydrogen) atoms. The first-order valence-corrected chi connectivity index (χ1v) is 7.58. The molecule has 0 radical (unpaired) electrons. The Morgan fingerprint density at radius 1 is 1.48 bits per heavy atom. The smallest absolute Gasteiger partial charge is 0.347 e. The molecule has 7 heteroatoms. The highest BCUT2D eigenvalue weighted by molar-refractivity contribution is 6.31. The first-order chi connectivity index (χ1) is 11.0. The molecule has 0 bridgehead atoms. The van der Waals surface area contributed by atoms with Crippen LogP contribution in [-0.2, 0) is 20.8 Å². The maximum absolute atomic E-state index is 12.1. The lowest BCUT2D eigenvalue weighted by molar-refractivity contribution is -0.147. The number of esters is 2. The van der Waals surface area contributed by atoms with Gasteiger partial charge >= 0.3 is 11.9 Å². The highest BCUT2D eigenvalue weighted by Gasteiger charge is 2.35. The number of hydrogen-bond acceptors (Lipinski definition) is 5. The monoisotopic (exact) mass is 334 g/mol. The molecule has 0 unspecified atom stereocenters. The molecule has 0 saturated carbocycles. The SMILES string of the molecule is C[C@H]1C[C@@H](OC(=O)c2cnn(Cc3ccccc3Cl)c2)C(=O)O1. The summed E-state index contributed by atoms with van der Waals surface area (Å²) in [6, 6.07) is 7.41. The average Bonchev–Trinajstić information content (AvgIpc) is 3.09. The van der Waals surface area contributed by atoms with Crippen molar-refractivity contribution in [2.45, 2.75) is 32.1 Å². The standard InChI is InChI=1S/C16H15ClN2O4/c1-10-6-14(16(21)22-10)23-15(20)12-7-18-19(9-12)8-11-4-2-3-5-13(11)17/h2-5,7,9-10,14H,6,8H2,1H3/t10-,14+/m0/s1. The van der Waals surface area contributed by atoms with Crippen molar-refractivity contribution < 1.29 is 19.1 Å². The topological polar surface area (TPSA) is 70.4 Å². The Balaban J connectivity index is 1.66. The highest BCUT2D eigenvalue weighted by Crippen LogP contribution is 2.19. The second-order valence-electron chi connectivity index (χ2n) is 5.40. The van der Waals surface area contributed by atoms with Gasteiger partial charge in [0.15, 0.2) is 0 Å². The van der Waals surface area contributed by atoms with E-state index in [2.05, 4.69) is 5.10 Å². The van der Waals surface area contributed by atoms with Gasteiger partial charge in [-0.25, -0.2) is 9.59 Å². The van der Waals surface area contributed by atoms with Crippen LogP contribution in [-0.4, -0.2) is 33.9 Å². The van der Waals surface area contributed by atoms with Gasteiger partial charge < -0.3 is 9.47 Å². The number of ether oxygens (including phenoxy) is 2. The summed E-state index contributed by atoms with van der Waals surface area (Å²) in [5.74, 6) is -1.10. The molecule has 1 fully saturated rings. The van der Waals surface area contributed by atoms with Crippen LogP contribution in [0.1, 0.15) is 29.3 Å². The number of nitrogens with zero attached hydrogens (tertiary/aromatic N) is 2. The molecule has 3 rings (SSSR count). The quantitative estimate of drug-likeness (QED) is 0.803. The van der Waals surface area contributed by atoms with E-state index in [1.807, 2.05) is 18.2 Å². The van der Waals surface area contributed by atoms with Gasteiger partial charge in [0.1, 0.15) is 6.10 Å². The first-order valence-electron chi connectivity index (χ1n) is 7.20. The number of hydrogen-bond donors (Lipinski definition) is 0. The number of carbonyl (C=O) groups excluding carboxylic acids is 2. The summed E-state index contributed by atoms with van der Waals surface area (Å²) in [6.07, 6.45) is 2.27. The van der Waals surface area contributed by atoms with E-state index < -0.39 is 18.0 Å². The summed E-state index contributed by atoms with van der Waals surface area (Å²) >= 11 is 6.10. The molecule has 2 atom stereocenters. The van der Waals surface area contributed by atoms with Crippen molar-refractivity contribution >= 4 is 23.5 Å². The number of cyclic esters (lactones) is 1. The van der Waals surface area contributed by atoms with Gasteiger partial charge in [0.05, 0.1) is 18.3 Å². The molecule has 2 heterocycles. The van der Waals surface area contributed by atoms with E-state index in [4.69, 9.17) is 21.1 Å². The fraction of sp³-hybridized carbons (Fsp3) is 0.312. The lowest BCUT2D eigenvalue weighted by atomic mass is 10.2. The molecular weight excluding hydrogens is 320 g/mol. The van der Waals surface area contributed by atoms with Gasteiger partial charge in [-0.3, -0.25) is 4.68 Å². The Hall–Kier alpha value is -2.34. The van der Waals surface area contributed by atoms with Gasteiger partial charge in [-0.2, -0.15) is 5.10 Å². The van der Waals surface area contributed by atoms with Gasteiger partial charge in [0.25, 0.3) is 0 Å². The molecule has 2 aromatic rings. The van der Waals surface area contributed by atoms with Crippen molar-refractivity contribution in [2.75, 3.05) is 0 Å². The Morgan fingerprint density at radius 2 is 2.26 bits per heavy atom. The number of rotatable bonds is 4. The fourth-order valence-corrected chi connectivity index (χ4v) is 2.57. The normalized spacial score (nSPS) is 20.3. The third-order valence-electron chi connectivity index (χ3n) is 3.53. The molecule has 0 spiro atoms. The zero-order valence-corrected chi connectivity index (χ0v) is 13.2. The molecule has 6 nitrogen and oxygen atoms in total. The van der Waals surface area contributed by atoms with Gasteiger partial charge in [-0.15, -0.1) is 0 Å². The van der Waals surface area contributed by atoms with Crippen molar-refractivity contribution in [2.24, 2.45) is 0 Å². The maximum Gasteiger partial charge on any atom is 0.347 e. The number of aromatic nitrogens is 2. The number of carbonyl (C=O) groups is 2. The number of benzene rings is 1. The van der Waals surface area contributed by atoms with Crippen LogP contribution in [0.25, 0.3) is 0 Å². The van der Waals surface area contributed by atoms with E-state index in [0.29, 0.717) is 18.0 Å². The molecule has 0 N–H and O–H groups in total. The minimum Gasteiger partial charge on any atom is -0.460 e. The summed E-state index contributed by atoms with van der Waals surface area (Å²) in [5, 5.41) is 4.76. The van der Waals surface area contributed by atoms with Crippen LogP contribution in [0.3, 0.4) is 0 Å². The molecule has 1 aromatic carbocycles. The third-order valence-corrected chi connectivity index (χ3v) is 3.90. The molecule has 120 valence electrons. The molecule has 1 aliphatic rings. The van der Waals surface area contributed by atoms with E-state index >= 15 is 0 Å². The summed E-state index contributed by atoms with van der Waals surface area (Å²) in [7, 11) is 0.